The maximum atomic E-state index is 13.6. The molecule has 0 aromatic heterocycles. The van der Waals surface area contributed by atoms with Crippen LogP contribution in [0.5, 0.6) is 0 Å². The van der Waals surface area contributed by atoms with Crippen LogP contribution >= 0.6 is 15.9 Å². The summed E-state index contributed by atoms with van der Waals surface area (Å²) in [6.07, 6.45) is 0. The Morgan fingerprint density at radius 1 is 1.50 bits per heavy atom. The molecule has 5 nitrogen and oxygen atoms in total. The molecule has 2 N–H and O–H groups in total. The second kappa shape index (κ2) is 5.78. The molecule has 1 aliphatic heterocycles. The van der Waals surface area contributed by atoms with Crippen LogP contribution in [0.15, 0.2) is 22.7 Å². The van der Waals surface area contributed by atoms with Crippen molar-refractivity contribution in [1.82, 2.24) is 4.90 Å². The number of carboxylic acid groups (broad SMARTS) is 1. The van der Waals surface area contributed by atoms with Crippen LogP contribution < -0.4 is 5.32 Å². The summed E-state index contributed by atoms with van der Waals surface area (Å²) in [4.78, 5) is 24.2. The number of halogens is 2. The minimum Gasteiger partial charge on any atom is -0.481 e. The summed E-state index contributed by atoms with van der Waals surface area (Å²) in [5, 5.41) is 11.4. The van der Waals surface area contributed by atoms with Crippen molar-refractivity contribution in [2.45, 2.75) is 6.92 Å². The Balaban J connectivity index is 1.94. The van der Waals surface area contributed by atoms with Crippen LogP contribution in [0.4, 0.5) is 14.9 Å². The number of hydrogen-bond acceptors (Lipinski definition) is 2. The lowest BCUT2D eigenvalue weighted by atomic mass is 9.87. The lowest BCUT2D eigenvalue weighted by Gasteiger charge is -2.41. The molecule has 0 radical (unpaired) electrons. The first-order valence-corrected chi connectivity index (χ1v) is 6.92. The number of likely N-dealkylation sites (tertiary alicyclic amines) is 1. The number of carbonyl (C=O) groups excluding carboxylic acids is 1. The third kappa shape index (κ3) is 2.92. The number of nitrogens with one attached hydrogen (secondary N) is 1. The van der Waals surface area contributed by atoms with Gasteiger partial charge in [-0.25, -0.2) is 9.18 Å². The number of nitrogens with zero attached hydrogens (tertiary/aromatic N) is 1. The van der Waals surface area contributed by atoms with Gasteiger partial charge in [-0.1, -0.05) is 13.0 Å². The van der Waals surface area contributed by atoms with Crippen LogP contribution in [0.3, 0.4) is 0 Å². The van der Waals surface area contributed by atoms with Crippen LogP contribution in [0.1, 0.15) is 6.92 Å². The fraction of sp³-hybridized carbons (Fsp3) is 0.385. The van der Waals surface area contributed by atoms with E-state index in [1.165, 1.54) is 17.0 Å². The maximum Gasteiger partial charge on any atom is 0.321 e. The van der Waals surface area contributed by atoms with E-state index in [1.54, 1.807) is 13.0 Å². The summed E-state index contributed by atoms with van der Waals surface area (Å²) in [6, 6.07) is 3.99. The molecule has 1 fully saturated rings. The zero-order valence-corrected chi connectivity index (χ0v) is 12.4. The van der Waals surface area contributed by atoms with E-state index in [1.807, 2.05) is 0 Å². The molecule has 1 saturated heterocycles. The molecule has 1 atom stereocenters. The van der Waals surface area contributed by atoms with Gasteiger partial charge in [-0.2, -0.15) is 0 Å². The number of benzene rings is 1. The lowest BCUT2D eigenvalue weighted by molar-refractivity contribution is -0.144. The Hall–Kier alpha value is -1.63. The van der Waals surface area contributed by atoms with E-state index < -0.39 is 23.7 Å². The number of carbonyl (C=O) groups is 2. The summed E-state index contributed by atoms with van der Waals surface area (Å²) in [5.41, 5.74) is 0.0900. The predicted octanol–water partition coefficient (Wildman–Crippen LogP) is 2.77. The van der Waals surface area contributed by atoms with Gasteiger partial charge in [0.15, 0.2) is 0 Å². The molecule has 1 heterocycles. The molecule has 1 aliphatic rings. The van der Waals surface area contributed by atoms with Crippen molar-refractivity contribution in [3.63, 3.8) is 0 Å². The lowest BCUT2D eigenvalue weighted by Crippen LogP contribution is -2.54. The highest BCUT2D eigenvalue weighted by Gasteiger charge is 2.37. The first kappa shape index (κ1) is 14.8. The fourth-order valence-corrected chi connectivity index (χ4v) is 2.44. The standard InChI is InChI=1S/C13H14BrFN2O3/c1-7(12(18)19)8-5-17(6-8)13(20)16-11-9(14)3-2-4-10(11)15/h2-4,7-8H,5-6H2,1H3,(H,16,20)(H,18,19). The van der Waals surface area contributed by atoms with E-state index in [2.05, 4.69) is 21.2 Å². The van der Waals surface area contributed by atoms with E-state index in [-0.39, 0.29) is 11.6 Å². The molecular formula is C13H14BrFN2O3. The van der Waals surface area contributed by atoms with Gasteiger partial charge in [0.2, 0.25) is 0 Å². The van der Waals surface area contributed by atoms with Gasteiger partial charge in [-0.15, -0.1) is 0 Å². The highest BCUT2D eigenvalue weighted by molar-refractivity contribution is 9.10. The number of amides is 2. The van der Waals surface area contributed by atoms with Crippen LogP contribution in [0, 0.1) is 17.7 Å². The Kier molecular flexibility index (Phi) is 4.27. The van der Waals surface area contributed by atoms with Crippen molar-refractivity contribution in [2.75, 3.05) is 18.4 Å². The summed E-state index contributed by atoms with van der Waals surface area (Å²) >= 11 is 3.17. The van der Waals surface area contributed by atoms with Gasteiger partial charge in [-0.3, -0.25) is 4.79 Å². The van der Waals surface area contributed by atoms with E-state index in [0.717, 1.165) is 0 Å². The number of para-hydroxylation sites is 1. The van der Waals surface area contributed by atoms with E-state index in [9.17, 15) is 14.0 Å². The number of anilines is 1. The van der Waals surface area contributed by atoms with Gasteiger partial charge >= 0.3 is 12.0 Å². The molecule has 1 aromatic carbocycles. The summed E-state index contributed by atoms with van der Waals surface area (Å²) in [7, 11) is 0. The molecule has 0 saturated carbocycles. The molecule has 0 bridgehead atoms. The summed E-state index contributed by atoms with van der Waals surface area (Å²) in [6.45, 7) is 2.35. The molecule has 2 amide bonds. The number of urea groups is 1. The fourth-order valence-electron chi connectivity index (χ4n) is 2.00. The number of carboxylic acids is 1. The van der Waals surface area contributed by atoms with Gasteiger partial charge in [-0.05, 0) is 28.1 Å². The molecule has 0 spiro atoms. The maximum absolute atomic E-state index is 13.6. The first-order valence-electron chi connectivity index (χ1n) is 6.13. The molecule has 20 heavy (non-hydrogen) atoms. The van der Waals surface area contributed by atoms with Crippen molar-refractivity contribution in [2.24, 2.45) is 11.8 Å². The zero-order chi connectivity index (χ0) is 14.9. The van der Waals surface area contributed by atoms with Gasteiger partial charge in [0.1, 0.15) is 5.82 Å². The first-order chi connectivity index (χ1) is 9.40. The van der Waals surface area contributed by atoms with Crippen molar-refractivity contribution < 1.29 is 19.1 Å². The Bertz CT molecular complexity index is 526. The average Bonchev–Trinajstić information content (AvgIpc) is 2.32. The third-order valence-corrected chi connectivity index (χ3v) is 4.15. The Labute approximate surface area is 123 Å². The van der Waals surface area contributed by atoms with Crippen molar-refractivity contribution in [3.8, 4) is 0 Å². The molecule has 7 heteroatoms. The largest absolute Gasteiger partial charge is 0.481 e. The highest BCUT2D eigenvalue weighted by Crippen LogP contribution is 2.28. The van der Waals surface area contributed by atoms with E-state index in [4.69, 9.17) is 5.11 Å². The molecular weight excluding hydrogens is 331 g/mol. The van der Waals surface area contributed by atoms with Crippen LogP contribution in [-0.4, -0.2) is 35.1 Å². The minimum absolute atomic E-state index is 0.0534. The average molecular weight is 345 g/mol. The van der Waals surface area contributed by atoms with Gasteiger partial charge in [0, 0.05) is 23.5 Å². The monoisotopic (exact) mass is 344 g/mol. The Morgan fingerprint density at radius 2 is 2.15 bits per heavy atom. The molecule has 0 aliphatic carbocycles. The highest BCUT2D eigenvalue weighted by atomic mass is 79.9. The Morgan fingerprint density at radius 3 is 2.70 bits per heavy atom. The second-order valence-corrected chi connectivity index (χ2v) is 5.67. The molecule has 1 unspecified atom stereocenters. The number of aliphatic carboxylic acids is 1. The quantitative estimate of drug-likeness (QED) is 0.885. The molecule has 2 rings (SSSR count). The summed E-state index contributed by atoms with van der Waals surface area (Å²) < 4.78 is 14.0. The minimum atomic E-state index is -0.869. The van der Waals surface area contributed by atoms with E-state index >= 15 is 0 Å². The SMILES string of the molecule is CC(C(=O)O)C1CN(C(=O)Nc2c(F)cccc2Br)C1. The van der Waals surface area contributed by atoms with Crippen LogP contribution in [0.25, 0.3) is 0 Å². The van der Waals surface area contributed by atoms with Crippen molar-refractivity contribution in [3.05, 3.63) is 28.5 Å². The van der Waals surface area contributed by atoms with Crippen molar-refractivity contribution >= 4 is 33.6 Å². The van der Waals surface area contributed by atoms with Gasteiger partial charge < -0.3 is 15.3 Å². The molecule has 1 aromatic rings. The third-order valence-electron chi connectivity index (χ3n) is 3.49. The normalized spacial score (nSPS) is 16.4. The van der Waals surface area contributed by atoms with Crippen LogP contribution in [-0.2, 0) is 4.79 Å². The summed E-state index contributed by atoms with van der Waals surface area (Å²) in [5.74, 6) is -1.93. The topological polar surface area (TPSA) is 69.6 Å². The van der Waals surface area contributed by atoms with Gasteiger partial charge in [0.05, 0.1) is 11.6 Å². The van der Waals surface area contributed by atoms with Gasteiger partial charge in [0.25, 0.3) is 0 Å². The van der Waals surface area contributed by atoms with Crippen LogP contribution in [0.2, 0.25) is 0 Å². The number of rotatable bonds is 3. The molecule has 108 valence electrons. The second-order valence-electron chi connectivity index (χ2n) is 4.82. The number of hydrogen-bond donors (Lipinski definition) is 2. The van der Waals surface area contributed by atoms with E-state index in [0.29, 0.717) is 17.6 Å². The smallest absolute Gasteiger partial charge is 0.321 e. The zero-order valence-electron chi connectivity index (χ0n) is 10.8. The predicted molar refractivity (Wildman–Crippen MR) is 75.0 cm³/mol. The van der Waals surface area contributed by atoms with Crippen molar-refractivity contribution in [1.29, 1.82) is 0 Å².